The second-order valence-corrected chi connectivity index (χ2v) is 9.22. The van der Waals surface area contributed by atoms with Gasteiger partial charge < -0.3 is 10.2 Å². The molecule has 0 saturated carbocycles. The van der Waals surface area contributed by atoms with Crippen molar-refractivity contribution in [3.05, 3.63) is 53.3 Å². The first-order valence-corrected chi connectivity index (χ1v) is 11.8. The Morgan fingerprint density at radius 2 is 1.07 bits per heavy atom. The summed E-state index contributed by atoms with van der Waals surface area (Å²) in [5.41, 5.74) is 1.22. The molecule has 0 radical (unpaired) electrons. The Labute approximate surface area is 218 Å². The molecule has 0 amide bonds. The van der Waals surface area contributed by atoms with Crippen molar-refractivity contribution in [3.63, 3.8) is 0 Å². The van der Waals surface area contributed by atoms with Gasteiger partial charge in [0.05, 0.1) is 0 Å². The molecule has 4 nitrogen and oxygen atoms in total. The molecule has 0 aliphatic rings. The minimum absolute atomic E-state index is 0. The Morgan fingerprint density at radius 1 is 0.724 bits per heavy atom. The fraction of sp³-hybridized carbons (Fsp3) is 0.300. The van der Waals surface area contributed by atoms with Gasteiger partial charge in [0.25, 0.3) is 0 Å². The second kappa shape index (κ2) is 15.7. The van der Waals surface area contributed by atoms with Crippen LogP contribution in [-0.2, 0) is 19.5 Å². The Morgan fingerprint density at radius 3 is 1.38 bits per heavy atom. The van der Waals surface area contributed by atoms with E-state index in [2.05, 4.69) is 73.7 Å². The van der Waals surface area contributed by atoms with Gasteiger partial charge in [-0.15, -0.1) is 0 Å². The molecular weight excluding hydrogens is 685 g/mol. The zero-order valence-corrected chi connectivity index (χ0v) is 25.5. The van der Waals surface area contributed by atoms with E-state index in [1.807, 2.05) is 13.8 Å². The van der Waals surface area contributed by atoms with Gasteiger partial charge in [0, 0.05) is 43.4 Å². The molecule has 2 rings (SSSR count). The number of rotatable bonds is 6. The van der Waals surface area contributed by atoms with Crippen LogP contribution in [0.4, 0.5) is 0 Å². The van der Waals surface area contributed by atoms with Gasteiger partial charge in [0.1, 0.15) is 0 Å². The summed E-state index contributed by atoms with van der Waals surface area (Å²) < 4.78 is 2.87. The van der Waals surface area contributed by atoms with Gasteiger partial charge in [-0.1, -0.05) is 89.1 Å². The summed E-state index contributed by atoms with van der Waals surface area (Å²) in [4.78, 5) is 8.27. The topological polar surface area (TPSA) is 70.8 Å². The molecule has 152 valence electrons. The molecule has 0 aliphatic carbocycles. The fourth-order valence-electron chi connectivity index (χ4n) is 1.94. The molecule has 0 saturated heterocycles. The van der Waals surface area contributed by atoms with E-state index < -0.39 is 0 Å². The van der Waals surface area contributed by atoms with Crippen molar-refractivity contribution in [3.8, 4) is 11.5 Å². The maximum Gasteiger partial charge on any atom is 2.00 e. The van der Waals surface area contributed by atoms with E-state index in [-0.39, 0.29) is 31.0 Å². The average Bonchev–Trinajstić information content (AvgIpc) is 2.64. The molecule has 0 spiro atoms. The van der Waals surface area contributed by atoms with Crippen molar-refractivity contribution in [2.45, 2.75) is 26.7 Å². The molecule has 0 atom stereocenters. The third kappa shape index (κ3) is 10.7. The van der Waals surface area contributed by atoms with Gasteiger partial charge in [-0.3, -0.25) is 9.98 Å². The van der Waals surface area contributed by atoms with Crippen molar-refractivity contribution in [1.82, 2.24) is 0 Å². The molecule has 0 bridgehead atoms. The third-order valence-electron chi connectivity index (χ3n) is 3.24. The fourth-order valence-corrected chi connectivity index (χ4v) is 4.45. The van der Waals surface area contributed by atoms with Crippen LogP contribution in [0.1, 0.15) is 37.8 Å². The second-order valence-electron chi connectivity index (χ2n) is 5.68. The minimum Gasteiger partial charge on any atom is -0.871 e. The third-order valence-corrected chi connectivity index (χ3v) is 5.33. The van der Waals surface area contributed by atoms with Gasteiger partial charge in [0.2, 0.25) is 0 Å². The first-order chi connectivity index (χ1) is 13.3. The molecule has 0 aromatic heterocycles. The average molecular weight is 705 g/mol. The van der Waals surface area contributed by atoms with Gasteiger partial charge in [-0.2, -0.15) is 0 Å². The molecule has 0 N–H and O–H groups in total. The van der Waals surface area contributed by atoms with Crippen LogP contribution in [0.15, 0.2) is 52.1 Å². The number of hydrogen-bond acceptors (Lipinski definition) is 4. The van der Waals surface area contributed by atoms with E-state index >= 15 is 0 Å². The van der Waals surface area contributed by atoms with Crippen LogP contribution in [0.25, 0.3) is 0 Å². The molecule has 2 aromatic carbocycles. The summed E-state index contributed by atoms with van der Waals surface area (Å²) in [6, 6.07) is 7.01. The number of halogens is 4. The van der Waals surface area contributed by atoms with Crippen LogP contribution in [0.5, 0.6) is 11.5 Å². The largest absolute Gasteiger partial charge is 2.00 e. The van der Waals surface area contributed by atoms with Crippen molar-refractivity contribution >= 4 is 76.1 Å². The molecule has 29 heavy (non-hydrogen) atoms. The predicted molar refractivity (Wildman–Crippen MR) is 128 cm³/mol. The number of aliphatic imine (C=N–C) groups is 2. The van der Waals surface area contributed by atoms with Crippen LogP contribution in [0.2, 0.25) is 0 Å². The summed E-state index contributed by atoms with van der Waals surface area (Å²) in [6.07, 6.45) is 5.22. The number of nitrogens with zero attached hydrogens (tertiary/aromatic N) is 2. The first-order valence-electron chi connectivity index (χ1n) is 8.61. The van der Waals surface area contributed by atoms with Gasteiger partial charge >= 0.3 is 19.5 Å². The Balaban J connectivity index is 0.000000523. The van der Waals surface area contributed by atoms with Crippen molar-refractivity contribution in [1.29, 1.82) is 0 Å². The van der Waals surface area contributed by atoms with Gasteiger partial charge in [-0.25, -0.2) is 0 Å². The van der Waals surface area contributed by atoms with E-state index in [4.69, 9.17) is 0 Å². The molecule has 0 aliphatic heterocycles. The summed E-state index contributed by atoms with van der Waals surface area (Å²) in [7, 11) is 0. The van der Waals surface area contributed by atoms with E-state index in [0.29, 0.717) is 20.1 Å². The summed E-state index contributed by atoms with van der Waals surface area (Å²) in [5.74, 6) is -0.0406. The Hall–Kier alpha value is -0.0766. The molecule has 0 unspecified atom stereocenters. The van der Waals surface area contributed by atoms with Crippen molar-refractivity contribution < 1.29 is 29.7 Å². The zero-order valence-electron chi connectivity index (χ0n) is 16.2. The maximum absolute atomic E-state index is 11.6. The summed E-state index contributed by atoms with van der Waals surface area (Å²) >= 11 is 13.1. The normalized spacial score (nSPS) is 10.7. The molecular formula is C20H20Br4N2O2Zn. The summed E-state index contributed by atoms with van der Waals surface area (Å²) in [5, 5.41) is 23.1. The van der Waals surface area contributed by atoms with E-state index in [1.165, 1.54) is 0 Å². The Bertz CT molecular complexity index is 776. The van der Waals surface area contributed by atoms with E-state index in [9.17, 15) is 10.2 Å². The standard InChI is InChI=1S/2C10H11Br2NO.Zn/c2*1-2-3-13-6-7-4-8(11)5-9(12)10(7)14;/h2*4-6,14H,2-3H2,1H3;/q;;+2/p-2. The van der Waals surface area contributed by atoms with Crippen LogP contribution >= 0.6 is 63.7 Å². The van der Waals surface area contributed by atoms with E-state index in [1.54, 1.807) is 36.7 Å². The smallest absolute Gasteiger partial charge is 0.871 e. The van der Waals surface area contributed by atoms with Crippen molar-refractivity contribution in [2.24, 2.45) is 9.98 Å². The Kier molecular flexibility index (Phi) is 15.6. The zero-order chi connectivity index (χ0) is 21.1. The number of hydrogen-bond donors (Lipinski definition) is 0. The molecule has 0 heterocycles. The van der Waals surface area contributed by atoms with Crippen molar-refractivity contribution in [2.75, 3.05) is 13.1 Å². The SMILES string of the molecule is CCCN=Cc1cc(Br)cc(Br)c1[O-].CCCN=Cc1cc(Br)cc(Br)c1[O-].[Zn+2]. The molecule has 0 fully saturated rings. The quantitative estimate of drug-likeness (QED) is 0.265. The van der Waals surface area contributed by atoms with Crippen LogP contribution in [0, 0.1) is 0 Å². The number of benzene rings is 2. The molecule has 9 heteroatoms. The van der Waals surface area contributed by atoms with Crippen LogP contribution in [-0.4, -0.2) is 25.5 Å². The maximum atomic E-state index is 11.6. The first kappa shape index (κ1) is 28.9. The monoisotopic (exact) mass is 700 g/mol. The van der Waals surface area contributed by atoms with E-state index in [0.717, 1.165) is 34.9 Å². The van der Waals surface area contributed by atoms with Gasteiger partial charge in [0.15, 0.2) is 0 Å². The van der Waals surface area contributed by atoms with Crippen LogP contribution in [0.3, 0.4) is 0 Å². The molecule has 2 aromatic rings. The minimum atomic E-state index is -0.0203. The van der Waals surface area contributed by atoms with Gasteiger partial charge in [-0.05, 0) is 48.2 Å². The van der Waals surface area contributed by atoms with Crippen LogP contribution < -0.4 is 10.2 Å². The summed E-state index contributed by atoms with van der Waals surface area (Å²) in [6.45, 7) is 5.60. The predicted octanol–water partition coefficient (Wildman–Crippen LogP) is 6.23.